The largest absolute Gasteiger partial charge is 0.378 e. The third kappa shape index (κ3) is 5.85. The second kappa shape index (κ2) is 9.93. The summed E-state index contributed by atoms with van der Waals surface area (Å²) in [6, 6.07) is 8.52. The zero-order chi connectivity index (χ0) is 17.2. The molecular weight excluding hydrogens is 306 g/mol. The first-order valence-electron chi connectivity index (χ1n) is 8.68. The molecule has 0 radical (unpaired) electrons. The van der Waals surface area contributed by atoms with E-state index in [1.54, 1.807) is 0 Å². The lowest BCUT2D eigenvalue weighted by molar-refractivity contribution is -0.139. The summed E-state index contributed by atoms with van der Waals surface area (Å²) >= 11 is 0. The minimum absolute atomic E-state index is 0.504. The maximum atomic E-state index is 11.5. The van der Waals surface area contributed by atoms with Gasteiger partial charge in [0.25, 0.3) is 0 Å². The minimum atomic E-state index is -0.550. The summed E-state index contributed by atoms with van der Waals surface area (Å²) in [5.74, 6) is -1.10. The first-order chi connectivity index (χ1) is 11.7. The lowest BCUT2D eigenvalue weighted by Gasteiger charge is -2.28. The van der Waals surface area contributed by atoms with Crippen molar-refractivity contribution in [3.05, 3.63) is 29.8 Å². The summed E-state index contributed by atoms with van der Waals surface area (Å²) in [4.78, 5) is 25.3. The average Bonchev–Trinajstić information content (AvgIpc) is 2.64. The van der Waals surface area contributed by atoms with Crippen molar-refractivity contribution in [3.8, 4) is 0 Å². The van der Waals surface area contributed by atoms with Gasteiger partial charge in [0, 0.05) is 31.9 Å². The van der Waals surface area contributed by atoms with Gasteiger partial charge < -0.3 is 20.3 Å². The Kier molecular flexibility index (Phi) is 7.55. The molecule has 0 unspecified atom stereocenters. The van der Waals surface area contributed by atoms with Crippen LogP contribution in [-0.2, 0) is 20.7 Å². The maximum absolute atomic E-state index is 11.5. The van der Waals surface area contributed by atoms with Gasteiger partial charge >= 0.3 is 11.8 Å². The Morgan fingerprint density at radius 2 is 1.67 bits per heavy atom. The van der Waals surface area contributed by atoms with Crippen molar-refractivity contribution in [1.82, 2.24) is 10.6 Å². The first kappa shape index (κ1) is 18.3. The Morgan fingerprint density at radius 3 is 2.29 bits per heavy atom. The average molecular weight is 333 g/mol. The van der Waals surface area contributed by atoms with E-state index in [0.717, 1.165) is 45.6 Å². The van der Waals surface area contributed by atoms with E-state index in [9.17, 15) is 9.59 Å². The van der Waals surface area contributed by atoms with Crippen molar-refractivity contribution >= 4 is 17.5 Å². The molecule has 0 saturated carbocycles. The van der Waals surface area contributed by atoms with E-state index in [2.05, 4.69) is 39.8 Å². The van der Waals surface area contributed by atoms with Crippen LogP contribution in [0.3, 0.4) is 0 Å². The van der Waals surface area contributed by atoms with Crippen LogP contribution in [0.15, 0.2) is 24.3 Å². The Hall–Kier alpha value is -2.08. The summed E-state index contributed by atoms with van der Waals surface area (Å²) < 4.78 is 5.36. The maximum Gasteiger partial charge on any atom is 0.309 e. The third-order valence-electron chi connectivity index (χ3n) is 3.98. The summed E-state index contributed by atoms with van der Waals surface area (Å²) in [6.45, 7) is 6.42. The van der Waals surface area contributed by atoms with E-state index in [1.807, 2.05) is 6.92 Å². The van der Waals surface area contributed by atoms with Crippen molar-refractivity contribution in [2.75, 3.05) is 44.3 Å². The van der Waals surface area contributed by atoms with Gasteiger partial charge in [-0.15, -0.1) is 0 Å². The molecule has 6 heteroatoms. The molecule has 2 amide bonds. The highest BCUT2D eigenvalue weighted by atomic mass is 16.5. The number of carbonyl (C=O) groups excluding carboxylic acids is 2. The predicted octanol–water partition coefficient (Wildman–Crippen LogP) is 1.10. The molecule has 6 nitrogen and oxygen atoms in total. The Labute approximate surface area is 143 Å². The molecule has 0 atom stereocenters. The van der Waals surface area contributed by atoms with Gasteiger partial charge in [-0.25, -0.2) is 0 Å². The predicted molar refractivity (Wildman–Crippen MR) is 94.1 cm³/mol. The Bertz CT molecular complexity index is 525. The number of nitrogens with one attached hydrogen (secondary N) is 2. The van der Waals surface area contributed by atoms with E-state index in [4.69, 9.17) is 4.74 Å². The number of aryl methyl sites for hydroxylation is 1. The number of amides is 2. The standard InChI is InChI=1S/C18H27N3O3/c1-2-9-19-17(22)18(23)20-10-3-4-15-5-7-16(8-6-15)21-11-13-24-14-12-21/h5-8H,2-4,9-14H2,1H3,(H,19,22)(H,20,23). The molecule has 1 aliphatic heterocycles. The van der Waals surface area contributed by atoms with Crippen molar-refractivity contribution in [2.45, 2.75) is 26.2 Å². The van der Waals surface area contributed by atoms with Crippen LogP contribution in [0.25, 0.3) is 0 Å². The smallest absolute Gasteiger partial charge is 0.309 e. The number of nitrogens with zero attached hydrogens (tertiary/aromatic N) is 1. The molecule has 0 aliphatic carbocycles. The normalized spacial score (nSPS) is 14.3. The molecule has 0 aromatic heterocycles. The molecule has 132 valence electrons. The van der Waals surface area contributed by atoms with Gasteiger partial charge in [0.2, 0.25) is 0 Å². The highest BCUT2D eigenvalue weighted by Crippen LogP contribution is 2.17. The first-order valence-corrected chi connectivity index (χ1v) is 8.68. The highest BCUT2D eigenvalue weighted by molar-refractivity contribution is 6.35. The molecule has 24 heavy (non-hydrogen) atoms. The number of hydrogen-bond donors (Lipinski definition) is 2. The number of hydrogen-bond acceptors (Lipinski definition) is 4. The van der Waals surface area contributed by atoms with E-state index in [1.165, 1.54) is 11.3 Å². The van der Waals surface area contributed by atoms with Crippen molar-refractivity contribution in [1.29, 1.82) is 0 Å². The minimum Gasteiger partial charge on any atom is -0.378 e. The van der Waals surface area contributed by atoms with Gasteiger partial charge in [0.1, 0.15) is 0 Å². The lowest BCUT2D eigenvalue weighted by Crippen LogP contribution is -2.40. The zero-order valence-electron chi connectivity index (χ0n) is 14.3. The van der Waals surface area contributed by atoms with Gasteiger partial charge in [-0.05, 0) is 37.0 Å². The zero-order valence-corrected chi connectivity index (χ0v) is 14.3. The van der Waals surface area contributed by atoms with Crippen molar-refractivity contribution < 1.29 is 14.3 Å². The second-order valence-corrected chi connectivity index (χ2v) is 5.88. The lowest BCUT2D eigenvalue weighted by atomic mass is 10.1. The molecule has 1 fully saturated rings. The van der Waals surface area contributed by atoms with Gasteiger partial charge in [0.05, 0.1) is 13.2 Å². The SMILES string of the molecule is CCCNC(=O)C(=O)NCCCc1ccc(N2CCOCC2)cc1. The molecule has 0 bridgehead atoms. The van der Waals surface area contributed by atoms with Crippen LogP contribution in [0.1, 0.15) is 25.3 Å². The summed E-state index contributed by atoms with van der Waals surface area (Å²) in [5, 5.41) is 5.22. The van der Waals surface area contributed by atoms with Crippen molar-refractivity contribution in [3.63, 3.8) is 0 Å². The topological polar surface area (TPSA) is 70.7 Å². The van der Waals surface area contributed by atoms with E-state index in [-0.39, 0.29) is 0 Å². The molecule has 1 aromatic rings. The highest BCUT2D eigenvalue weighted by Gasteiger charge is 2.12. The van der Waals surface area contributed by atoms with Gasteiger partial charge in [-0.2, -0.15) is 0 Å². The number of carbonyl (C=O) groups is 2. The molecule has 1 saturated heterocycles. The van der Waals surface area contributed by atoms with Gasteiger partial charge in [-0.1, -0.05) is 19.1 Å². The van der Waals surface area contributed by atoms with Crippen LogP contribution in [0.4, 0.5) is 5.69 Å². The number of ether oxygens (including phenoxy) is 1. The number of morpholine rings is 1. The van der Waals surface area contributed by atoms with Crippen LogP contribution < -0.4 is 15.5 Å². The van der Waals surface area contributed by atoms with Gasteiger partial charge in [-0.3, -0.25) is 9.59 Å². The van der Waals surface area contributed by atoms with Crippen LogP contribution >= 0.6 is 0 Å². The Balaban J connectivity index is 1.67. The van der Waals surface area contributed by atoms with Crippen LogP contribution in [0.2, 0.25) is 0 Å². The van der Waals surface area contributed by atoms with Crippen LogP contribution in [-0.4, -0.2) is 51.2 Å². The van der Waals surface area contributed by atoms with Gasteiger partial charge in [0.15, 0.2) is 0 Å². The fourth-order valence-electron chi connectivity index (χ4n) is 2.59. The van der Waals surface area contributed by atoms with Crippen LogP contribution in [0, 0.1) is 0 Å². The summed E-state index contributed by atoms with van der Waals surface area (Å²) in [7, 11) is 0. The number of benzene rings is 1. The summed E-state index contributed by atoms with van der Waals surface area (Å²) in [6.07, 6.45) is 2.50. The molecule has 2 N–H and O–H groups in total. The third-order valence-corrected chi connectivity index (χ3v) is 3.98. The molecular formula is C18H27N3O3. The van der Waals surface area contributed by atoms with Crippen molar-refractivity contribution in [2.24, 2.45) is 0 Å². The Morgan fingerprint density at radius 1 is 1.04 bits per heavy atom. The fourth-order valence-corrected chi connectivity index (χ4v) is 2.59. The van der Waals surface area contributed by atoms with E-state index >= 15 is 0 Å². The monoisotopic (exact) mass is 333 g/mol. The molecule has 1 aromatic carbocycles. The van der Waals surface area contributed by atoms with E-state index < -0.39 is 11.8 Å². The molecule has 1 aliphatic rings. The summed E-state index contributed by atoms with van der Waals surface area (Å²) in [5.41, 5.74) is 2.46. The quantitative estimate of drug-likeness (QED) is 0.579. The second-order valence-electron chi connectivity index (χ2n) is 5.88. The molecule has 1 heterocycles. The molecule has 2 rings (SSSR count). The van der Waals surface area contributed by atoms with E-state index in [0.29, 0.717) is 13.1 Å². The number of anilines is 1. The number of rotatable bonds is 7. The fraction of sp³-hybridized carbons (Fsp3) is 0.556. The molecule has 0 spiro atoms. The van der Waals surface area contributed by atoms with Crippen LogP contribution in [0.5, 0.6) is 0 Å².